The van der Waals surface area contributed by atoms with E-state index in [1.807, 2.05) is 0 Å². The number of carboxylic acids is 1. The molecule has 0 saturated heterocycles. The van der Waals surface area contributed by atoms with Gasteiger partial charge in [-0.05, 0) is 38.5 Å². The lowest BCUT2D eigenvalue weighted by Gasteiger charge is -2.34. The first-order valence-corrected chi connectivity index (χ1v) is 24.0. The Hall–Kier alpha value is -2.45. The Morgan fingerprint density at radius 2 is 0.966 bits per heavy atom. The number of ether oxygens (including phenoxy) is 3. The number of aliphatic carboxylic acids is 1. The Balaban J connectivity index is 4.19. The number of carbonyl (C=O) groups excluding carboxylic acids is 3. The second-order valence-electron chi connectivity index (χ2n) is 17.3. The van der Waals surface area contributed by atoms with Gasteiger partial charge in [0.25, 0.3) is 0 Å². The van der Waals surface area contributed by atoms with Crippen LogP contribution in [0.15, 0.2) is 36.5 Å². The van der Waals surface area contributed by atoms with Gasteiger partial charge in [0.2, 0.25) is 0 Å². The minimum Gasteiger partial charge on any atom is -0.544 e. The van der Waals surface area contributed by atoms with Crippen molar-refractivity contribution >= 4 is 17.9 Å². The Morgan fingerprint density at radius 1 is 0.534 bits per heavy atom. The van der Waals surface area contributed by atoms with Crippen LogP contribution in [0, 0.1) is 0 Å². The normalized spacial score (nSPS) is 13.2. The molecule has 338 valence electrons. The van der Waals surface area contributed by atoms with Crippen molar-refractivity contribution in [2.24, 2.45) is 0 Å². The molecule has 0 radical (unpaired) electrons. The molecule has 0 N–H and O–H groups in total. The summed E-state index contributed by atoms with van der Waals surface area (Å²) in [4.78, 5) is 36.8. The van der Waals surface area contributed by atoms with Crippen LogP contribution in [0.4, 0.5) is 0 Å². The third-order valence-electron chi connectivity index (χ3n) is 10.8. The summed E-state index contributed by atoms with van der Waals surface area (Å²) < 4.78 is 17.1. The first-order chi connectivity index (χ1) is 28.1. The molecular weight excluding hydrogens is 727 g/mol. The summed E-state index contributed by atoms with van der Waals surface area (Å²) in [7, 11) is 5.40. The van der Waals surface area contributed by atoms with Crippen LogP contribution in [-0.4, -0.2) is 75.5 Å². The van der Waals surface area contributed by atoms with Gasteiger partial charge in [-0.15, -0.1) is 0 Å². The quantitative estimate of drug-likeness (QED) is 0.0261. The fourth-order valence-electron chi connectivity index (χ4n) is 7.10. The van der Waals surface area contributed by atoms with Gasteiger partial charge in [-0.25, -0.2) is 0 Å². The van der Waals surface area contributed by atoms with E-state index in [9.17, 15) is 19.5 Å². The molecule has 0 amide bonds. The summed E-state index contributed by atoms with van der Waals surface area (Å²) in [5.74, 6) is -1.80. The molecule has 0 fully saturated rings. The first-order valence-electron chi connectivity index (χ1n) is 24.0. The topological polar surface area (TPSA) is 102 Å². The van der Waals surface area contributed by atoms with Crippen molar-refractivity contribution in [2.75, 3.05) is 41.0 Å². The highest BCUT2D eigenvalue weighted by Crippen LogP contribution is 2.16. The molecule has 0 heterocycles. The van der Waals surface area contributed by atoms with Gasteiger partial charge in [0.05, 0.1) is 40.3 Å². The van der Waals surface area contributed by atoms with E-state index in [4.69, 9.17) is 14.2 Å². The standard InChI is InChI=1S/C50H91NO7/c1-6-8-10-12-14-16-18-19-20-21-22-23-24-25-26-27-28-29-31-33-35-37-39-41-49(53)58-46(44-56-43-42-47(50(54)55)51(3,4)5)45-57-48(52)40-38-36-34-32-30-17-15-13-11-9-7-2/h9,11,15,17,32,34,46-47H,6-8,10,12-14,16,18-31,33,35-45H2,1-5H3/b11-9+,17-15+,34-32+. The molecule has 0 aromatic carbocycles. The van der Waals surface area contributed by atoms with E-state index >= 15 is 0 Å². The van der Waals surface area contributed by atoms with Gasteiger partial charge in [-0.1, -0.05) is 192 Å². The number of quaternary nitrogens is 1. The summed E-state index contributed by atoms with van der Waals surface area (Å²) in [5.41, 5.74) is 0. The van der Waals surface area contributed by atoms with Gasteiger partial charge < -0.3 is 28.6 Å². The molecule has 0 aliphatic heterocycles. The van der Waals surface area contributed by atoms with E-state index in [0.717, 1.165) is 44.9 Å². The lowest BCUT2D eigenvalue weighted by Crippen LogP contribution is -2.55. The number of esters is 2. The van der Waals surface area contributed by atoms with Gasteiger partial charge in [0, 0.05) is 19.3 Å². The minimum atomic E-state index is -1.13. The number of likely N-dealkylation sites (N-methyl/N-ethyl adjacent to an activating group) is 1. The molecule has 2 unspecified atom stereocenters. The van der Waals surface area contributed by atoms with Crippen LogP contribution in [0.2, 0.25) is 0 Å². The summed E-state index contributed by atoms with van der Waals surface area (Å²) in [6, 6.07) is -0.731. The fraction of sp³-hybridized carbons (Fsp3) is 0.820. The van der Waals surface area contributed by atoms with Crippen molar-refractivity contribution in [3.63, 3.8) is 0 Å². The van der Waals surface area contributed by atoms with Crippen LogP contribution >= 0.6 is 0 Å². The molecule has 0 aromatic heterocycles. The van der Waals surface area contributed by atoms with Crippen molar-refractivity contribution < 1.29 is 38.2 Å². The van der Waals surface area contributed by atoms with Gasteiger partial charge in [0.1, 0.15) is 12.6 Å². The van der Waals surface area contributed by atoms with Crippen LogP contribution in [-0.2, 0) is 28.6 Å². The maximum absolute atomic E-state index is 12.7. The molecule has 0 bridgehead atoms. The van der Waals surface area contributed by atoms with Crippen LogP contribution < -0.4 is 5.11 Å². The molecule has 0 saturated carbocycles. The summed E-state index contributed by atoms with van der Waals surface area (Å²) in [6.07, 6.45) is 47.7. The molecule has 2 atom stereocenters. The minimum absolute atomic E-state index is 0.0276. The number of allylic oxidation sites excluding steroid dienone is 6. The van der Waals surface area contributed by atoms with Gasteiger partial charge in [-0.2, -0.15) is 0 Å². The molecule has 0 spiro atoms. The predicted molar refractivity (Wildman–Crippen MR) is 240 cm³/mol. The Labute approximate surface area is 357 Å². The third kappa shape index (κ3) is 39.0. The van der Waals surface area contributed by atoms with E-state index in [1.54, 1.807) is 21.1 Å². The molecule has 0 aliphatic carbocycles. The maximum Gasteiger partial charge on any atom is 0.306 e. The fourth-order valence-corrected chi connectivity index (χ4v) is 7.10. The molecule has 0 aromatic rings. The molecule has 58 heavy (non-hydrogen) atoms. The molecule has 8 nitrogen and oxygen atoms in total. The van der Waals surface area contributed by atoms with Crippen molar-refractivity contribution in [3.8, 4) is 0 Å². The Kier molecular flexibility index (Phi) is 39.5. The maximum atomic E-state index is 12.7. The first kappa shape index (κ1) is 55.5. The van der Waals surface area contributed by atoms with E-state index in [0.29, 0.717) is 12.8 Å². The number of hydrogen-bond donors (Lipinski definition) is 0. The van der Waals surface area contributed by atoms with Crippen LogP contribution in [0.1, 0.15) is 213 Å². The zero-order valence-electron chi connectivity index (χ0n) is 38.5. The average molecular weight is 818 g/mol. The van der Waals surface area contributed by atoms with Crippen molar-refractivity contribution in [1.29, 1.82) is 0 Å². The average Bonchev–Trinajstić information content (AvgIpc) is 3.18. The molecule has 0 aliphatic rings. The summed E-state index contributed by atoms with van der Waals surface area (Å²) in [5, 5.41) is 11.6. The number of rotatable bonds is 43. The second-order valence-corrected chi connectivity index (χ2v) is 17.3. The lowest BCUT2D eigenvalue weighted by molar-refractivity contribution is -0.889. The third-order valence-corrected chi connectivity index (χ3v) is 10.8. The highest BCUT2D eigenvalue weighted by atomic mass is 16.6. The largest absolute Gasteiger partial charge is 0.544 e. The second kappa shape index (κ2) is 41.3. The van der Waals surface area contributed by atoms with E-state index in [1.165, 1.54) is 128 Å². The molecular formula is C50H91NO7. The van der Waals surface area contributed by atoms with Crippen molar-refractivity contribution in [2.45, 2.75) is 225 Å². The summed E-state index contributed by atoms with van der Waals surface area (Å²) in [6.45, 7) is 4.51. The predicted octanol–water partition coefficient (Wildman–Crippen LogP) is 12.1. The van der Waals surface area contributed by atoms with E-state index in [2.05, 4.69) is 50.3 Å². The summed E-state index contributed by atoms with van der Waals surface area (Å²) >= 11 is 0. The number of carboxylic acid groups (broad SMARTS) is 1. The smallest absolute Gasteiger partial charge is 0.306 e. The van der Waals surface area contributed by atoms with E-state index in [-0.39, 0.29) is 49.1 Å². The van der Waals surface area contributed by atoms with Crippen molar-refractivity contribution in [1.82, 2.24) is 0 Å². The van der Waals surface area contributed by atoms with Crippen LogP contribution in [0.25, 0.3) is 0 Å². The highest BCUT2D eigenvalue weighted by molar-refractivity contribution is 5.70. The SMILES string of the molecule is CC/C=C/C/C=C/C/C=C/CCCC(=O)OCC(COCCC(C(=O)[O-])[N+](C)(C)C)OC(=O)CCCCCCCCCCCCCCCCCCCCCCCCC. The van der Waals surface area contributed by atoms with Gasteiger partial charge >= 0.3 is 11.9 Å². The van der Waals surface area contributed by atoms with E-state index < -0.39 is 18.1 Å². The highest BCUT2D eigenvalue weighted by Gasteiger charge is 2.25. The van der Waals surface area contributed by atoms with Crippen LogP contribution in [0.5, 0.6) is 0 Å². The molecule has 0 rings (SSSR count). The number of nitrogens with zero attached hydrogens (tertiary/aromatic N) is 1. The Bertz CT molecular complexity index is 1050. The Morgan fingerprint density at radius 3 is 1.41 bits per heavy atom. The van der Waals surface area contributed by atoms with Crippen LogP contribution in [0.3, 0.4) is 0 Å². The van der Waals surface area contributed by atoms with Gasteiger partial charge in [-0.3, -0.25) is 9.59 Å². The monoisotopic (exact) mass is 818 g/mol. The number of hydrogen-bond acceptors (Lipinski definition) is 7. The number of unbranched alkanes of at least 4 members (excludes halogenated alkanes) is 23. The lowest BCUT2D eigenvalue weighted by atomic mass is 10.0. The van der Waals surface area contributed by atoms with Gasteiger partial charge in [0.15, 0.2) is 6.10 Å². The van der Waals surface area contributed by atoms with Crippen molar-refractivity contribution in [3.05, 3.63) is 36.5 Å². The zero-order valence-corrected chi connectivity index (χ0v) is 38.5. The molecule has 8 heteroatoms. The number of carbonyl (C=O) groups is 3. The zero-order chi connectivity index (χ0) is 42.8.